The van der Waals surface area contributed by atoms with Crippen molar-refractivity contribution in [2.24, 2.45) is 5.92 Å². The van der Waals surface area contributed by atoms with Crippen molar-refractivity contribution in [1.82, 2.24) is 14.8 Å². The molecule has 1 aliphatic heterocycles. The smallest absolute Gasteiger partial charge is 0.254 e. The molecule has 184 valence electrons. The second-order valence-corrected chi connectivity index (χ2v) is 8.61. The van der Waals surface area contributed by atoms with Gasteiger partial charge in [0.15, 0.2) is 0 Å². The van der Waals surface area contributed by atoms with Gasteiger partial charge >= 0.3 is 0 Å². The largest absolute Gasteiger partial charge is 0.388 e. The summed E-state index contributed by atoms with van der Waals surface area (Å²) in [5.74, 6) is 0.0421. The first-order valence-electron chi connectivity index (χ1n) is 11.4. The van der Waals surface area contributed by atoms with E-state index in [-0.39, 0.29) is 38.1 Å². The molecule has 0 unspecified atom stereocenters. The molecule has 0 fully saturated rings. The Kier molecular flexibility index (Phi) is 11.5. The van der Waals surface area contributed by atoms with Crippen LogP contribution in [0.3, 0.4) is 0 Å². The topological polar surface area (TPSA) is 112 Å². The highest BCUT2D eigenvalue weighted by Crippen LogP contribution is 2.12. The van der Waals surface area contributed by atoms with Gasteiger partial charge < -0.3 is 29.5 Å². The highest BCUT2D eigenvalue weighted by atomic mass is 16.5. The molecule has 2 N–H and O–H groups in total. The standard InChI is InChI=1S/C24H37N3O6/c1-18(2)8-15-33-22-16-27(19(3)28)13-12-26(24(31)20-6-9-25-10-7-20)11-4-5-14-32-17-21(29)23(22)30/h4-7,9-10,18,21-23,29-30H,8,11-17H2,1-3H3/b5-4-/t21-,22-,23-/m0/s1. The van der Waals surface area contributed by atoms with Gasteiger partial charge in [-0.15, -0.1) is 0 Å². The molecule has 1 aliphatic rings. The second-order valence-electron chi connectivity index (χ2n) is 8.61. The van der Waals surface area contributed by atoms with Crippen LogP contribution in [-0.2, 0) is 14.3 Å². The van der Waals surface area contributed by atoms with Gasteiger partial charge in [0, 0.05) is 57.7 Å². The summed E-state index contributed by atoms with van der Waals surface area (Å²) in [4.78, 5) is 32.5. The third-order valence-corrected chi connectivity index (χ3v) is 5.50. The minimum atomic E-state index is -1.22. The summed E-state index contributed by atoms with van der Waals surface area (Å²) < 4.78 is 11.4. The normalized spacial score (nSPS) is 24.4. The van der Waals surface area contributed by atoms with Crippen molar-refractivity contribution in [3.05, 3.63) is 42.2 Å². The van der Waals surface area contributed by atoms with Crippen LogP contribution in [0.15, 0.2) is 36.7 Å². The van der Waals surface area contributed by atoms with Crippen LogP contribution in [-0.4, -0.2) is 101 Å². The average Bonchev–Trinajstić information content (AvgIpc) is 2.79. The summed E-state index contributed by atoms with van der Waals surface area (Å²) in [5.41, 5.74) is 0.513. The minimum absolute atomic E-state index is 0.0741. The summed E-state index contributed by atoms with van der Waals surface area (Å²) >= 11 is 0. The molecule has 0 saturated carbocycles. The van der Waals surface area contributed by atoms with E-state index in [1.165, 1.54) is 6.92 Å². The predicted octanol–water partition coefficient (Wildman–Crippen LogP) is 1.11. The highest BCUT2D eigenvalue weighted by molar-refractivity contribution is 5.94. The number of carbonyl (C=O) groups is 2. The second kappa shape index (κ2) is 14.0. The Hall–Kier alpha value is -2.33. The summed E-state index contributed by atoms with van der Waals surface area (Å²) in [6.07, 6.45) is 4.33. The lowest BCUT2D eigenvalue weighted by Crippen LogP contribution is -2.50. The van der Waals surface area contributed by atoms with Crippen molar-refractivity contribution in [3.8, 4) is 0 Å². The Labute approximate surface area is 196 Å². The van der Waals surface area contributed by atoms with Crippen LogP contribution < -0.4 is 0 Å². The molecule has 0 bridgehead atoms. The first-order valence-corrected chi connectivity index (χ1v) is 11.4. The van der Waals surface area contributed by atoms with E-state index in [9.17, 15) is 19.8 Å². The maximum absolute atomic E-state index is 13.0. The van der Waals surface area contributed by atoms with Gasteiger partial charge in [-0.1, -0.05) is 26.0 Å². The molecule has 0 aliphatic carbocycles. The molecule has 1 aromatic heterocycles. The van der Waals surface area contributed by atoms with E-state index in [0.717, 1.165) is 6.42 Å². The van der Waals surface area contributed by atoms with Gasteiger partial charge in [-0.05, 0) is 24.5 Å². The van der Waals surface area contributed by atoms with Crippen LogP contribution in [0.25, 0.3) is 0 Å². The molecule has 9 heteroatoms. The number of rotatable bonds is 5. The monoisotopic (exact) mass is 463 g/mol. The van der Waals surface area contributed by atoms with E-state index in [4.69, 9.17) is 9.47 Å². The predicted molar refractivity (Wildman–Crippen MR) is 124 cm³/mol. The van der Waals surface area contributed by atoms with Gasteiger partial charge in [0.25, 0.3) is 5.91 Å². The van der Waals surface area contributed by atoms with Crippen LogP contribution in [0.4, 0.5) is 0 Å². The van der Waals surface area contributed by atoms with E-state index in [1.807, 2.05) is 6.08 Å². The number of hydrogen-bond acceptors (Lipinski definition) is 7. The molecule has 2 rings (SSSR count). The van der Waals surface area contributed by atoms with Gasteiger partial charge in [0.2, 0.25) is 5.91 Å². The number of nitrogens with zero attached hydrogens (tertiary/aromatic N) is 3. The molecule has 0 saturated heterocycles. The lowest BCUT2D eigenvalue weighted by Gasteiger charge is -2.33. The van der Waals surface area contributed by atoms with Crippen LogP contribution in [0, 0.1) is 5.92 Å². The molecular formula is C24H37N3O6. The number of pyridine rings is 1. The zero-order valence-electron chi connectivity index (χ0n) is 19.8. The van der Waals surface area contributed by atoms with Crippen molar-refractivity contribution in [2.45, 2.75) is 45.5 Å². The van der Waals surface area contributed by atoms with Crippen molar-refractivity contribution in [3.63, 3.8) is 0 Å². The van der Waals surface area contributed by atoms with Crippen molar-refractivity contribution in [1.29, 1.82) is 0 Å². The lowest BCUT2D eigenvalue weighted by atomic mass is 10.1. The lowest BCUT2D eigenvalue weighted by molar-refractivity contribution is -0.139. The fourth-order valence-electron chi connectivity index (χ4n) is 3.38. The van der Waals surface area contributed by atoms with E-state index in [1.54, 1.807) is 40.4 Å². The zero-order valence-corrected chi connectivity index (χ0v) is 19.8. The summed E-state index contributed by atoms with van der Waals surface area (Å²) in [5, 5.41) is 21.1. The Morgan fingerprint density at radius 2 is 1.88 bits per heavy atom. The molecule has 0 radical (unpaired) electrons. The number of ether oxygens (including phenoxy) is 2. The zero-order chi connectivity index (χ0) is 24.2. The number of aliphatic hydroxyl groups excluding tert-OH is 2. The van der Waals surface area contributed by atoms with Gasteiger partial charge in [-0.3, -0.25) is 14.6 Å². The molecule has 9 nitrogen and oxygen atoms in total. The van der Waals surface area contributed by atoms with E-state index >= 15 is 0 Å². The fraction of sp³-hybridized carbons (Fsp3) is 0.625. The molecule has 3 atom stereocenters. The third-order valence-electron chi connectivity index (χ3n) is 5.50. The van der Waals surface area contributed by atoms with E-state index < -0.39 is 18.3 Å². The fourth-order valence-corrected chi connectivity index (χ4v) is 3.38. The van der Waals surface area contributed by atoms with Crippen molar-refractivity contribution < 1.29 is 29.3 Å². The van der Waals surface area contributed by atoms with E-state index in [0.29, 0.717) is 31.2 Å². The number of amides is 2. The Morgan fingerprint density at radius 1 is 1.18 bits per heavy atom. The average molecular weight is 464 g/mol. The van der Waals surface area contributed by atoms with Crippen LogP contribution >= 0.6 is 0 Å². The number of carbonyl (C=O) groups excluding carboxylic acids is 2. The number of hydrogen-bond donors (Lipinski definition) is 2. The molecule has 33 heavy (non-hydrogen) atoms. The molecule has 2 amide bonds. The SMILES string of the molecule is CC(=O)N1CCN(C(=O)c2ccncc2)C/C=C\COC[C@H](O)[C@H](O)[C@@H](OCCC(C)C)C1. The summed E-state index contributed by atoms with van der Waals surface area (Å²) in [7, 11) is 0. The van der Waals surface area contributed by atoms with Crippen LogP contribution in [0.5, 0.6) is 0 Å². The first-order chi connectivity index (χ1) is 15.8. The molecule has 2 heterocycles. The third kappa shape index (κ3) is 9.21. The molecular weight excluding hydrogens is 426 g/mol. The van der Waals surface area contributed by atoms with Crippen molar-refractivity contribution in [2.75, 3.05) is 46.0 Å². The minimum Gasteiger partial charge on any atom is -0.388 e. The number of aromatic nitrogens is 1. The van der Waals surface area contributed by atoms with Crippen LogP contribution in [0.1, 0.15) is 37.6 Å². The maximum Gasteiger partial charge on any atom is 0.254 e. The Balaban J connectivity index is 2.21. The molecule has 0 aromatic carbocycles. The molecule has 1 aromatic rings. The van der Waals surface area contributed by atoms with Gasteiger partial charge in [0.05, 0.1) is 13.2 Å². The Morgan fingerprint density at radius 3 is 2.55 bits per heavy atom. The van der Waals surface area contributed by atoms with Crippen LogP contribution in [0.2, 0.25) is 0 Å². The quantitative estimate of drug-likeness (QED) is 0.629. The summed E-state index contributed by atoms with van der Waals surface area (Å²) in [6, 6.07) is 3.30. The van der Waals surface area contributed by atoms with Gasteiger partial charge in [-0.2, -0.15) is 0 Å². The van der Waals surface area contributed by atoms with Crippen molar-refractivity contribution >= 4 is 11.8 Å². The Bertz CT molecular complexity index is 758. The van der Waals surface area contributed by atoms with E-state index in [2.05, 4.69) is 18.8 Å². The maximum atomic E-state index is 13.0. The molecule has 0 spiro atoms. The summed E-state index contributed by atoms with van der Waals surface area (Å²) in [6.45, 7) is 7.14. The highest BCUT2D eigenvalue weighted by Gasteiger charge is 2.30. The van der Waals surface area contributed by atoms with Gasteiger partial charge in [-0.25, -0.2) is 0 Å². The van der Waals surface area contributed by atoms with Gasteiger partial charge in [0.1, 0.15) is 18.3 Å². The first kappa shape index (κ1) is 26.9. The number of aliphatic hydroxyl groups is 2.